The van der Waals surface area contributed by atoms with Gasteiger partial charge in [0.05, 0.1) is 12.1 Å². The summed E-state index contributed by atoms with van der Waals surface area (Å²) in [7, 11) is 0. The highest BCUT2D eigenvalue weighted by molar-refractivity contribution is 4.94. The fourth-order valence-electron chi connectivity index (χ4n) is 2.59. The Hall–Kier alpha value is -0.940. The molecule has 1 fully saturated rings. The van der Waals surface area contributed by atoms with Crippen molar-refractivity contribution in [2.24, 2.45) is 5.92 Å². The zero-order valence-corrected chi connectivity index (χ0v) is 12.2. The van der Waals surface area contributed by atoms with Gasteiger partial charge >= 0.3 is 0 Å². The van der Waals surface area contributed by atoms with Gasteiger partial charge in [-0.2, -0.15) is 4.98 Å². The Bertz CT molecular complexity index is 392. The molecule has 3 atom stereocenters. The molecule has 1 aromatic rings. The van der Waals surface area contributed by atoms with Crippen LogP contribution < -0.4 is 0 Å². The minimum absolute atomic E-state index is 0.145. The SMILES string of the molecule is CCCCc1noc(C(C)N2CCC(C(C)O)C2)n1. The Kier molecular flexibility index (Phi) is 4.93. The van der Waals surface area contributed by atoms with Crippen LogP contribution in [0.1, 0.15) is 57.8 Å². The molecule has 3 unspecified atom stereocenters. The number of aliphatic hydroxyl groups excluding tert-OH is 1. The molecule has 2 rings (SSSR count). The lowest BCUT2D eigenvalue weighted by molar-refractivity contribution is 0.119. The third kappa shape index (κ3) is 3.54. The molecule has 2 heterocycles. The van der Waals surface area contributed by atoms with Crippen LogP contribution in [0.15, 0.2) is 4.52 Å². The lowest BCUT2D eigenvalue weighted by Gasteiger charge is -2.21. The van der Waals surface area contributed by atoms with E-state index in [9.17, 15) is 5.11 Å². The number of aryl methyl sites for hydroxylation is 1. The Labute approximate surface area is 115 Å². The Morgan fingerprint density at radius 1 is 1.47 bits per heavy atom. The largest absolute Gasteiger partial charge is 0.393 e. The molecular weight excluding hydrogens is 242 g/mol. The van der Waals surface area contributed by atoms with Crippen LogP contribution in [0.2, 0.25) is 0 Å². The first-order chi connectivity index (χ1) is 9.11. The molecule has 1 aliphatic rings. The minimum atomic E-state index is -0.236. The van der Waals surface area contributed by atoms with Gasteiger partial charge in [0.1, 0.15) is 0 Å². The molecule has 5 nitrogen and oxygen atoms in total. The van der Waals surface area contributed by atoms with Crippen molar-refractivity contribution in [1.29, 1.82) is 0 Å². The second-order valence-corrected chi connectivity index (χ2v) is 5.61. The quantitative estimate of drug-likeness (QED) is 0.856. The molecule has 0 aromatic carbocycles. The lowest BCUT2D eigenvalue weighted by atomic mass is 10.0. The zero-order valence-electron chi connectivity index (χ0n) is 12.2. The number of aliphatic hydroxyl groups is 1. The van der Waals surface area contributed by atoms with Crippen LogP contribution in [0.3, 0.4) is 0 Å². The highest BCUT2D eigenvalue weighted by Gasteiger charge is 2.31. The van der Waals surface area contributed by atoms with Crippen LogP contribution in [-0.4, -0.2) is 39.3 Å². The molecule has 108 valence electrons. The Balaban J connectivity index is 1.92. The average molecular weight is 267 g/mol. The lowest BCUT2D eigenvalue weighted by Crippen LogP contribution is -2.27. The van der Waals surface area contributed by atoms with E-state index in [1.54, 1.807) is 0 Å². The van der Waals surface area contributed by atoms with Crippen LogP contribution >= 0.6 is 0 Å². The monoisotopic (exact) mass is 267 g/mol. The highest BCUT2D eigenvalue weighted by atomic mass is 16.5. The van der Waals surface area contributed by atoms with E-state index in [0.29, 0.717) is 11.8 Å². The van der Waals surface area contributed by atoms with Crippen molar-refractivity contribution in [2.75, 3.05) is 13.1 Å². The zero-order chi connectivity index (χ0) is 13.8. The van der Waals surface area contributed by atoms with Crippen molar-refractivity contribution in [3.05, 3.63) is 11.7 Å². The average Bonchev–Trinajstić information content (AvgIpc) is 3.04. The van der Waals surface area contributed by atoms with E-state index in [1.165, 1.54) is 0 Å². The van der Waals surface area contributed by atoms with Crippen LogP contribution in [0.5, 0.6) is 0 Å². The number of rotatable bonds is 6. The Morgan fingerprint density at radius 2 is 2.26 bits per heavy atom. The third-order valence-corrected chi connectivity index (χ3v) is 4.08. The van der Waals surface area contributed by atoms with Gasteiger partial charge in [-0.25, -0.2) is 0 Å². The molecule has 0 bridgehead atoms. The molecule has 0 aliphatic carbocycles. The number of unbranched alkanes of at least 4 members (excludes halogenated alkanes) is 1. The van der Waals surface area contributed by atoms with Gasteiger partial charge < -0.3 is 9.63 Å². The maximum atomic E-state index is 9.65. The van der Waals surface area contributed by atoms with E-state index in [0.717, 1.165) is 44.6 Å². The molecule has 0 spiro atoms. The van der Waals surface area contributed by atoms with Gasteiger partial charge in [-0.3, -0.25) is 4.90 Å². The van der Waals surface area contributed by atoms with Crippen LogP contribution in [0.25, 0.3) is 0 Å². The van der Waals surface area contributed by atoms with E-state index >= 15 is 0 Å². The predicted molar refractivity (Wildman–Crippen MR) is 72.7 cm³/mol. The summed E-state index contributed by atoms with van der Waals surface area (Å²) in [5, 5.41) is 13.7. The van der Waals surface area contributed by atoms with Crippen molar-refractivity contribution in [3.63, 3.8) is 0 Å². The van der Waals surface area contributed by atoms with Gasteiger partial charge in [0.2, 0.25) is 5.89 Å². The van der Waals surface area contributed by atoms with E-state index in [2.05, 4.69) is 28.9 Å². The van der Waals surface area contributed by atoms with E-state index in [-0.39, 0.29) is 12.1 Å². The van der Waals surface area contributed by atoms with Gasteiger partial charge in [0.15, 0.2) is 5.82 Å². The van der Waals surface area contributed by atoms with Gasteiger partial charge in [0.25, 0.3) is 0 Å². The molecule has 1 aliphatic heterocycles. The molecule has 5 heteroatoms. The number of likely N-dealkylation sites (tertiary alicyclic amines) is 1. The van der Waals surface area contributed by atoms with Crippen molar-refractivity contribution < 1.29 is 9.63 Å². The first-order valence-corrected chi connectivity index (χ1v) is 7.36. The minimum Gasteiger partial charge on any atom is -0.393 e. The predicted octanol–water partition coefficient (Wildman–Crippen LogP) is 2.18. The molecule has 0 amide bonds. The maximum Gasteiger partial charge on any atom is 0.243 e. The van der Waals surface area contributed by atoms with Crippen molar-refractivity contribution in [2.45, 2.75) is 58.6 Å². The fraction of sp³-hybridized carbons (Fsp3) is 0.857. The second kappa shape index (κ2) is 6.48. The molecular formula is C14H25N3O2. The maximum absolute atomic E-state index is 9.65. The summed E-state index contributed by atoms with van der Waals surface area (Å²) >= 11 is 0. The first kappa shape index (κ1) is 14.5. The molecule has 0 saturated carbocycles. The number of hydrogen-bond acceptors (Lipinski definition) is 5. The highest BCUT2D eigenvalue weighted by Crippen LogP contribution is 2.28. The topological polar surface area (TPSA) is 62.4 Å². The summed E-state index contributed by atoms with van der Waals surface area (Å²) < 4.78 is 5.37. The fourth-order valence-corrected chi connectivity index (χ4v) is 2.59. The van der Waals surface area contributed by atoms with E-state index in [4.69, 9.17) is 4.52 Å². The number of nitrogens with zero attached hydrogens (tertiary/aromatic N) is 3. The molecule has 1 N–H and O–H groups in total. The molecule has 19 heavy (non-hydrogen) atoms. The van der Waals surface area contributed by atoms with Crippen molar-refractivity contribution >= 4 is 0 Å². The summed E-state index contributed by atoms with van der Waals surface area (Å²) in [5.41, 5.74) is 0. The summed E-state index contributed by atoms with van der Waals surface area (Å²) in [6.45, 7) is 8.02. The van der Waals surface area contributed by atoms with Crippen molar-refractivity contribution in [1.82, 2.24) is 15.0 Å². The van der Waals surface area contributed by atoms with E-state index in [1.807, 2.05) is 6.92 Å². The smallest absolute Gasteiger partial charge is 0.243 e. The standard InChI is InChI=1S/C14H25N3O2/c1-4-5-6-13-15-14(19-16-13)10(2)17-8-7-12(9-17)11(3)18/h10-12,18H,4-9H2,1-3H3. The van der Waals surface area contributed by atoms with E-state index < -0.39 is 0 Å². The number of hydrogen-bond donors (Lipinski definition) is 1. The van der Waals surface area contributed by atoms with Crippen LogP contribution in [-0.2, 0) is 6.42 Å². The second-order valence-electron chi connectivity index (χ2n) is 5.61. The number of aromatic nitrogens is 2. The van der Waals surface area contributed by atoms with Crippen LogP contribution in [0.4, 0.5) is 0 Å². The van der Waals surface area contributed by atoms with Gasteiger partial charge in [-0.05, 0) is 39.2 Å². The van der Waals surface area contributed by atoms with Gasteiger partial charge in [-0.1, -0.05) is 18.5 Å². The Morgan fingerprint density at radius 3 is 2.89 bits per heavy atom. The summed E-state index contributed by atoms with van der Waals surface area (Å²) in [6, 6.07) is 0.145. The third-order valence-electron chi connectivity index (χ3n) is 4.08. The van der Waals surface area contributed by atoms with Gasteiger partial charge in [0, 0.05) is 13.0 Å². The molecule has 0 radical (unpaired) electrons. The van der Waals surface area contributed by atoms with Gasteiger partial charge in [-0.15, -0.1) is 0 Å². The summed E-state index contributed by atoms with van der Waals surface area (Å²) in [4.78, 5) is 6.79. The molecule has 1 aromatic heterocycles. The summed E-state index contributed by atoms with van der Waals surface area (Å²) in [6.07, 6.45) is 3.94. The normalized spacial score (nSPS) is 23.7. The summed E-state index contributed by atoms with van der Waals surface area (Å²) in [5.74, 6) is 1.89. The van der Waals surface area contributed by atoms with Crippen molar-refractivity contribution in [3.8, 4) is 0 Å². The molecule has 1 saturated heterocycles. The van der Waals surface area contributed by atoms with Crippen LogP contribution in [0, 0.1) is 5.92 Å². The first-order valence-electron chi connectivity index (χ1n) is 7.36.